The standard InChI is InChI=1S/C21H17F2N3O/c1-11-4-6-14(7-5-11)18-13(3)25-26-20(18)24-19(12(2)21(26)27)16-9-8-15(22)10-17(16)23/h4-10,24H,1-3H3. The molecule has 2 aromatic heterocycles. The highest BCUT2D eigenvalue weighted by atomic mass is 19.1. The second-order valence-corrected chi connectivity index (χ2v) is 6.64. The molecule has 4 nitrogen and oxygen atoms in total. The molecule has 136 valence electrons. The van der Waals surface area contributed by atoms with Crippen LogP contribution in [0.4, 0.5) is 8.78 Å². The summed E-state index contributed by atoms with van der Waals surface area (Å²) in [5, 5.41) is 4.36. The summed E-state index contributed by atoms with van der Waals surface area (Å²) in [6.07, 6.45) is 0. The molecule has 4 aromatic rings. The number of nitrogens with zero attached hydrogens (tertiary/aromatic N) is 2. The zero-order chi connectivity index (χ0) is 19.3. The number of fused-ring (bicyclic) bond motifs is 1. The van der Waals surface area contributed by atoms with E-state index in [1.165, 1.54) is 16.6 Å². The fourth-order valence-electron chi connectivity index (χ4n) is 3.29. The van der Waals surface area contributed by atoms with E-state index in [9.17, 15) is 13.6 Å². The van der Waals surface area contributed by atoms with E-state index in [4.69, 9.17) is 0 Å². The van der Waals surface area contributed by atoms with Crippen LogP contribution in [0.15, 0.2) is 47.3 Å². The molecule has 0 saturated heterocycles. The molecule has 2 aromatic carbocycles. The Morgan fingerprint density at radius 1 is 1.00 bits per heavy atom. The summed E-state index contributed by atoms with van der Waals surface area (Å²) >= 11 is 0. The summed E-state index contributed by atoms with van der Waals surface area (Å²) in [5.74, 6) is -1.40. The molecule has 0 fully saturated rings. The number of aromatic nitrogens is 3. The van der Waals surface area contributed by atoms with Gasteiger partial charge >= 0.3 is 0 Å². The molecular formula is C21H17F2N3O. The normalized spacial score (nSPS) is 11.3. The number of benzene rings is 2. The fourth-order valence-corrected chi connectivity index (χ4v) is 3.29. The van der Waals surface area contributed by atoms with Gasteiger partial charge in [0, 0.05) is 22.8 Å². The molecule has 6 heteroatoms. The lowest BCUT2D eigenvalue weighted by Gasteiger charge is -2.09. The molecule has 1 N–H and O–H groups in total. The quantitative estimate of drug-likeness (QED) is 0.566. The average Bonchev–Trinajstić information content (AvgIpc) is 2.96. The van der Waals surface area contributed by atoms with Crippen molar-refractivity contribution in [3.05, 3.63) is 81.3 Å². The Morgan fingerprint density at radius 2 is 1.70 bits per heavy atom. The minimum Gasteiger partial charge on any atom is -0.339 e. The van der Waals surface area contributed by atoms with E-state index in [-0.39, 0.29) is 11.1 Å². The predicted octanol–water partition coefficient (Wildman–Crippen LogP) is 4.56. The fraction of sp³-hybridized carbons (Fsp3) is 0.143. The maximum Gasteiger partial charge on any atom is 0.277 e. The van der Waals surface area contributed by atoms with E-state index in [1.54, 1.807) is 6.92 Å². The molecule has 0 aliphatic carbocycles. The van der Waals surface area contributed by atoms with Crippen LogP contribution in [0.5, 0.6) is 0 Å². The number of hydrogen-bond donors (Lipinski definition) is 1. The number of aromatic amines is 1. The van der Waals surface area contributed by atoms with Gasteiger partial charge in [0.2, 0.25) is 0 Å². The van der Waals surface area contributed by atoms with Gasteiger partial charge in [-0.25, -0.2) is 8.78 Å². The SMILES string of the molecule is Cc1ccc(-c2c(C)nn3c(=O)c(C)c(-c4ccc(F)cc4F)[nH]c23)cc1. The van der Waals surface area contributed by atoms with E-state index in [1.807, 2.05) is 38.1 Å². The Labute approximate surface area is 154 Å². The van der Waals surface area contributed by atoms with Crippen LogP contribution < -0.4 is 5.56 Å². The highest BCUT2D eigenvalue weighted by molar-refractivity contribution is 5.81. The minimum atomic E-state index is -0.730. The first kappa shape index (κ1) is 17.1. The first-order valence-corrected chi connectivity index (χ1v) is 8.51. The third kappa shape index (κ3) is 2.73. The van der Waals surface area contributed by atoms with Crippen molar-refractivity contribution in [3.8, 4) is 22.4 Å². The number of halogens is 2. The van der Waals surface area contributed by atoms with Gasteiger partial charge in [0.15, 0.2) is 0 Å². The van der Waals surface area contributed by atoms with Crippen molar-refractivity contribution in [3.63, 3.8) is 0 Å². The zero-order valence-corrected chi connectivity index (χ0v) is 15.1. The van der Waals surface area contributed by atoms with Crippen LogP contribution >= 0.6 is 0 Å². The smallest absolute Gasteiger partial charge is 0.277 e. The zero-order valence-electron chi connectivity index (χ0n) is 15.1. The van der Waals surface area contributed by atoms with Crippen molar-refractivity contribution < 1.29 is 8.78 Å². The van der Waals surface area contributed by atoms with Crippen molar-refractivity contribution in [2.75, 3.05) is 0 Å². The molecule has 27 heavy (non-hydrogen) atoms. The highest BCUT2D eigenvalue weighted by Crippen LogP contribution is 2.30. The third-order valence-corrected chi connectivity index (χ3v) is 4.73. The molecule has 0 aliphatic heterocycles. The lowest BCUT2D eigenvalue weighted by molar-refractivity contribution is 0.585. The van der Waals surface area contributed by atoms with Gasteiger partial charge < -0.3 is 4.98 Å². The molecule has 0 spiro atoms. The van der Waals surface area contributed by atoms with Crippen molar-refractivity contribution in [1.82, 2.24) is 14.6 Å². The Morgan fingerprint density at radius 3 is 2.37 bits per heavy atom. The molecule has 0 bridgehead atoms. The predicted molar refractivity (Wildman–Crippen MR) is 101 cm³/mol. The van der Waals surface area contributed by atoms with E-state index in [0.29, 0.717) is 22.6 Å². The van der Waals surface area contributed by atoms with Crippen LogP contribution in [0.3, 0.4) is 0 Å². The van der Waals surface area contributed by atoms with Gasteiger partial charge in [0.05, 0.1) is 11.4 Å². The second kappa shape index (κ2) is 6.16. The molecule has 0 aliphatic rings. The maximum atomic E-state index is 14.3. The van der Waals surface area contributed by atoms with Gasteiger partial charge in [-0.1, -0.05) is 29.8 Å². The van der Waals surface area contributed by atoms with E-state index in [0.717, 1.165) is 22.8 Å². The lowest BCUT2D eigenvalue weighted by Crippen LogP contribution is -2.19. The van der Waals surface area contributed by atoms with Crippen LogP contribution in [0.2, 0.25) is 0 Å². The minimum absolute atomic E-state index is 0.141. The number of nitrogens with one attached hydrogen (secondary N) is 1. The molecule has 0 radical (unpaired) electrons. The molecule has 0 amide bonds. The average molecular weight is 365 g/mol. The van der Waals surface area contributed by atoms with Crippen LogP contribution in [0, 0.1) is 32.4 Å². The van der Waals surface area contributed by atoms with Crippen LogP contribution in [-0.2, 0) is 0 Å². The van der Waals surface area contributed by atoms with Crippen LogP contribution in [0.1, 0.15) is 16.8 Å². The Hall–Kier alpha value is -3.28. The topological polar surface area (TPSA) is 50.2 Å². The maximum absolute atomic E-state index is 14.3. The first-order chi connectivity index (χ1) is 12.9. The summed E-state index contributed by atoms with van der Waals surface area (Å²) in [7, 11) is 0. The van der Waals surface area contributed by atoms with Gasteiger partial charge in [-0.05, 0) is 38.5 Å². The molecule has 0 unspecified atom stereocenters. The van der Waals surface area contributed by atoms with Crippen molar-refractivity contribution in [2.45, 2.75) is 20.8 Å². The van der Waals surface area contributed by atoms with Crippen molar-refractivity contribution in [2.24, 2.45) is 0 Å². The summed E-state index contributed by atoms with van der Waals surface area (Å²) in [4.78, 5) is 16.0. The van der Waals surface area contributed by atoms with Crippen LogP contribution in [0.25, 0.3) is 28.0 Å². The molecule has 2 heterocycles. The van der Waals surface area contributed by atoms with Gasteiger partial charge in [0.25, 0.3) is 5.56 Å². The van der Waals surface area contributed by atoms with E-state index in [2.05, 4.69) is 10.1 Å². The van der Waals surface area contributed by atoms with Gasteiger partial charge in [-0.3, -0.25) is 4.79 Å². The molecule has 4 rings (SSSR count). The van der Waals surface area contributed by atoms with E-state index >= 15 is 0 Å². The van der Waals surface area contributed by atoms with Gasteiger partial charge in [-0.15, -0.1) is 0 Å². The number of rotatable bonds is 2. The second-order valence-electron chi connectivity index (χ2n) is 6.64. The summed E-state index contributed by atoms with van der Waals surface area (Å²) in [6.45, 7) is 5.41. The number of aryl methyl sites for hydroxylation is 2. The first-order valence-electron chi connectivity index (χ1n) is 8.51. The van der Waals surface area contributed by atoms with Gasteiger partial charge in [-0.2, -0.15) is 9.61 Å². The Kier molecular flexibility index (Phi) is 3.91. The summed E-state index contributed by atoms with van der Waals surface area (Å²) in [6, 6.07) is 11.2. The number of hydrogen-bond acceptors (Lipinski definition) is 2. The Balaban J connectivity index is 2.05. The largest absolute Gasteiger partial charge is 0.339 e. The van der Waals surface area contributed by atoms with Gasteiger partial charge in [0.1, 0.15) is 17.3 Å². The van der Waals surface area contributed by atoms with E-state index < -0.39 is 11.6 Å². The monoisotopic (exact) mass is 365 g/mol. The highest BCUT2D eigenvalue weighted by Gasteiger charge is 2.19. The number of H-pyrrole nitrogens is 1. The van der Waals surface area contributed by atoms with Crippen molar-refractivity contribution >= 4 is 5.65 Å². The third-order valence-electron chi connectivity index (χ3n) is 4.73. The summed E-state index contributed by atoms with van der Waals surface area (Å²) in [5.41, 5.74) is 4.38. The molecule has 0 atom stereocenters. The Bertz CT molecular complexity index is 1240. The molecular weight excluding hydrogens is 348 g/mol. The van der Waals surface area contributed by atoms with Crippen molar-refractivity contribution in [1.29, 1.82) is 0 Å². The van der Waals surface area contributed by atoms with Crippen LogP contribution in [-0.4, -0.2) is 14.6 Å². The molecule has 0 saturated carbocycles. The summed E-state index contributed by atoms with van der Waals surface area (Å²) < 4.78 is 28.9. The lowest BCUT2D eigenvalue weighted by atomic mass is 10.0.